The number of hydrogen-bond acceptors (Lipinski definition) is 4. The number of fused-ring (bicyclic) bond motifs is 18. The number of nitrogens with zero attached hydrogens (tertiary/aromatic N) is 4. The number of hydrogen-bond donors (Lipinski definition) is 2. The summed E-state index contributed by atoms with van der Waals surface area (Å²) in [6, 6.07) is 148. The zero-order valence-corrected chi connectivity index (χ0v) is 66.1. The highest BCUT2D eigenvalue weighted by Gasteiger charge is 2.23. The van der Waals surface area contributed by atoms with Crippen LogP contribution in [0, 0.1) is 0 Å². The molecule has 0 aliphatic heterocycles. The second-order valence-electron chi connectivity index (χ2n) is 30.2. The van der Waals surface area contributed by atoms with Crippen molar-refractivity contribution in [3.8, 4) is 78.4 Å². The number of aromatic nitrogens is 4. The largest absolute Gasteiger partial charge is 0.489 e. The Morgan fingerprint density at radius 3 is 0.831 bits per heavy atom. The van der Waals surface area contributed by atoms with Crippen LogP contribution in [0.25, 0.3) is 206 Å². The van der Waals surface area contributed by atoms with E-state index in [2.05, 4.69) is 394 Å². The summed E-state index contributed by atoms with van der Waals surface area (Å²) in [5, 5.41) is 34.2. The second kappa shape index (κ2) is 29.3. The van der Waals surface area contributed by atoms with Crippen LogP contribution in [0.3, 0.4) is 0 Å². The van der Waals surface area contributed by atoms with Crippen LogP contribution >= 0.6 is 34.3 Å². The Morgan fingerprint density at radius 1 is 0.203 bits per heavy atom. The molecule has 24 aromatic rings. The Labute approximate surface area is 693 Å². The summed E-state index contributed by atoms with van der Waals surface area (Å²) in [6.45, 7) is 0. The number of benzene rings is 18. The molecule has 0 atom stereocenters. The van der Waals surface area contributed by atoms with Crippen LogP contribution in [0.15, 0.2) is 413 Å². The van der Waals surface area contributed by atoms with Crippen molar-refractivity contribution >= 4 is 174 Å². The molecule has 556 valence electrons. The van der Waals surface area contributed by atoms with E-state index in [-0.39, 0.29) is 0 Å². The maximum Gasteiger partial charge on any atom is 0.489 e. The van der Waals surface area contributed by atoms with Crippen molar-refractivity contribution in [2.75, 3.05) is 0 Å². The van der Waals surface area contributed by atoms with E-state index >= 15 is 0 Å². The van der Waals surface area contributed by atoms with Crippen molar-refractivity contribution < 1.29 is 10.0 Å². The summed E-state index contributed by atoms with van der Waals surface area (Å²) in [6.07, 6.45) is 0. The molecule has 0 aliphatic carbocycles. The van der Waals surface area contributed by atoms with Crippen LogP contribution < -0.4 is 5.46 Å². The van der Waals surface area contributed by atoms with Gasteiger partial charge in [-0.25, -0.2) is 0 Å². The molecule has 2 N–H and O–H groups in total. The summed E-state index contributed by atoms with van der Waals surface area (Å²) < 4.78 is 14.3. The Balaban J connectivity index is 0.000000122. The van der Waals surface area contributed by atoms with Gasteiger partial charge in [0.2, 0.25) is 0 Å². The molecule has 0 saturated heterocycles. The van der Waals surface area contributed by atoms with Crippen molar-refractivity contribution in [1.29, 1.82) is 0 Å². The average Bonchev–Trinajstić information content (AvgIpc) is 1.60. The Bertz CT molecular complexity index is 7710. The van der Waals surface area contributed by atoms with Gasteiger partial charge in [0.1, 0.15) is 0 Å². The molecule has 24 rings (SSSR count). The van der Waals surface area contributed by atoms with Crippen molar-refractivity contribution in [3.05, 3.63) is 418 Å². The Hall–Kier alpha value is -14.1. The van der Waals surface area contributed by atoms with Crippen LogP contribution in [0.4, 0.5) is 0 Å². The molecule has 0 fully saturated rings. The van der Waals surface area contributed by atoms with E-state index in [9.17, 15) is 10.0 Å². The first kappa shape index (κ1) is 70.5. The highest BCUT2D eigenvalue weighted by Crippen LogP contribution is 2.46. The molecular weight excluding hydrogens is 1500 g/mol. The van der Waals surface area contributed by atoms with E-state index in [1.165, 1.54) is 151 Å². The average molecular weight is 1570 g/mol. The smallest absolute Gasteiger partial charge is 0.423 e. The fourth-order valence-corrected chi connectivity index (χ4v) is 20.7. The van der Waals surface area contributed by atoms with Gasteiger partial charge in [-0.1, -0.05) is 279 Å². The zero-order valence-electron chi connectivity index (χ0n) is 63.7. The second-order valence-corrected chi connectivity index (χ2v) is 32.7. The predicted molar refractivity (Wildman–Crippen MR) is 504 cm³/mol. The first-order chi connectivity index (χ1) is 58.3. The van der Waals surface area contributed by atoms with Crippen LogP contribution in [-0.4, -0.2) is 35.4 Å². The van der Waals surface area contributed by atoms with E-state index in [0.717, 1.165) is 60.1 Å². The van der Waals surface area contributed by atoms with Gasteiger partial charge in [0.25, 0.3) is 0 Å². The quantitative estimate of drug-likeness (QED) is 0.134. The number of thiophene rings is 2. The fraction of sp³-hybridized carbons (Fsp3) is 0. The fourth-order valence-electron chi connectivity index (χ4n) is 18.0. The van der Waals surface area contributed by atoms with Crippen LogP contribution in [0.5, 0.6) is 0 Å². The monoisotopic (exact) mass is 1560 g/mol. The minimum Gasteiger partial charge on any atom is -0.423 e. The lowest BCUT2D eigenvalue weighted by Gasteiger charge is -2.14. The third kappa shape index (κ3) is 12.2. The van der Waals surface area contributed by atoms with Gasteiger partial charge in [-0.15, -0.1) is 22.7 Å². The van der Waals surface area contributed by atoms with Gasteiger partial charge in [-0.05, 0) is 212 Å². The lowest BCUT2D eigenvalue weighted by molar-refractivity contribution is 0.426. The van der Waals surface area contributed by atoms with Crippen LogP contribution in [0.1, 0.15) is 0 Å². The normalized spacial score (nSPS) is 11.7. The van der Waals surface area contributed by atoms with Crippen LogP contribution in [0.2, 0.25) is 5.02 Å². The van der Waals surface area contributed by atoms with Crippen LogP contribution in [-0.2, 0) is 0 Å². The first-order valence-corrected chi connectivity index (χ1v) is 41.8. The molecule has 118 heavy (non-hydrogen) atoms. The lowest BCUT2D eigenvalue weighted by atomic mass is 9.80. The molecule has 0 saturated carbocycles. The number of para-hydroxylation sites is 8. The van der Waals surface area contributed by atoms with Crippen molar-refractivity contribution in [1.82, 2.24) is 18.3 Å². The molecule has 6 aromatic heterocycles. The first-order valence-electron chi connectivity index (χ1n) is 39.8. The Morgan fingerprint density at radius 2 is 0.475 bits per heavy atom. The van der Waals surface area contributed by atoms with Gasteiger partial charge in [0.05, 0.1) is 44.1 Å². The van der Waals surface area contributed by atoms with Gasteiger partial charge < -0.3 is 28.3 Å². The third-order valence-electron chi connectivity index (χ3n) is 23.3. The maximum absolute atomic E-state index is 9.31. The molecule has 0 spiro atoms. The summed E-state index contributed by atoms with van der Waals surface area (Å²) in [5.74, 6) is 0. The van der Waals surface area contributed by atoms with Gasteiger partial charge in [0.15, 0.2) is 0 Å². The highest BCUT2D eigenvalue weighted by atomic mass is 35.5. The molecule has 10 heteroatoms. The minimum atomic E-state index is -1.41. The zero-order chi connectivity index (χ0) is 78.5. The van der Waals surface area contributed by atoms with E-state index in [1.54, 1.807) is 17.4 Å². The van der Waals surface area contributed by atoms with Crippen molar-refractivity contribution in [3.63, 3.8) is 0 Å². The molecule has 6 nitrogen and oxygen atoms in total. The lowest BCUT2D eigenvalue weighted by Crippen LogP contribution is -2.29. The Kier molecular flexibility index (Phi) is 17.5. The van der Waals surface area contributed by atoms with E-state index in [0.29, 0.717) is 5.46 Å². The summed E-state index contributed by atoms with van der Waals surface area (Å²) in [7, 11) is -1.41. The molecular formula is C108H70BClN4O2S2. The molecule has 0 radical (unpaired) electrons. The van der Waals surface area contributed by atoms with Gasteiger partial charge in [-0.2, -0.15) is 0 Å². The van der Waals surface area contributed by atoms with Gasteiger partial charge in [0, 0.05) is 106 Å². The number of halogens is 1. The summed E-state index contributed by atoms with van der Waals surface area (Å²) in [4.78, 5) is 0. The van der Waals surface area contributed by atoms with Crippen molar-refractivity contribution in [2.45, 2.75) is 0 Å². The third-order valence-corrected chi connectivity index (χ3v) is 26.0. The maximum atomic E-state index is 9.31. The minimum absolute atomic E-state index is 0.582. The molecule has 0 unspecified atom stereocenters. The van der Waals surface area contributed by atoms with E-state index in [1.807, 2.05) is 41.7 Å². The number of rotatable bonds is 10. The molecule has 0 aliphatic rings. The van der Waals surface area contributed by atoms with E-state index < -0.39 is 7.12 Å². The molecule has 0 bridgehead atoms. The topological polar surface area (TPSA) is 60.2 Å². The highest BCUT2D eigenvalue weighted by molar-refractivity contribution is 7.27. The van der Waals surface area contributed by atoms with E-state index in [4.69, 9.17) is 11.6 Å². The molecule has 0 amide bonds. The predicted octanol–water partition coefficient (Wildman–Crippen LogP) is 28.9. The summed E-state index contributed by atoms with van der Waals surface area (Å²) >= 11 is 10.3. The summed E-state index contributed by atoms with van der Waals surface area (Å²) in [5.41, 5.74) is 26.5. The standard InChI is InChI=1S/C54H34N2S.C42H27ClN2.C12H9BO2S/c1-3-14-40(15-4-1)55-49-23-10-7-18-43(49)45-28-26-35(33-51(45)55)37-30-38(32-39(31-37)42-21-13-22-48-47-20-9-12-25-53(47)57-54(42)48)36-27-29-46-44-19-8-11-24-50(44)56(52(46)34-36)41-16-5-2-6-17-41;43-32-24-30(28-19-21-37-35-15-7-9-17-39(35)44(41(37)26-28)33-11-3-1-4-12-33)23-31(25-32)29-20-22-38-36-16-8-10-18-40(36)45(42(38)27-29)34-13-5-2-6-14-34;14-13(15)10-6-3-5-9-8-4-1-2-7-11(8)16-12(9)10/h1-34H;1-27H;1-7,14-15H. The SMILES string of the molecule is Clc1cc(-c2ccc3c4ccccc4n(-c4ccccc4)c3c2)cc(-c2ccc3c4ccccc4n(-c4ccccc4)c3c2)c1.OB(O)c1cccc2c1sc1ccccc12.c1ccc(-n2c3ccccc3c3ccc(-c4cc(-c5ccc6c7ccccc7n(-c7ccccc7)c6c5)cc(-c5cccc6c5sc5ccccc56)c4)cc32)cc1. The molecule has 6 heterocycles. The van der Waals surface area contributed by atoms with Crippen molar-refractivity contribution in [2.24, 2.45) is 0 Å². The van der Waals surface area contributed by atoms with Gasteiger partial charge >= 0.3 is 7.12 Å². The molecule has 18 aromatic carbocycles. The van der Waals surface area contributed by atoms with Gasteiger partial charge in [-0.3, -0.25) is 0 Å².